The summed E-state index contributed by atoms with van der Waals surface area (Å²) in [5.41, 5.74) is 4.17. The lowest BCUT2D eigenvalue weighted by atomic mass is 9.98. The second kappa shape index (κ2) is 9.56. The molecule has 1 heterocycles. The molecule has 1 atom stereocenters. The van der Waals surface area contributed by atoms with Crippen molar-refractivity contribution in [2.75, 3.05) is 6.61 Å². The van der Waals surface area contributed by atoms with Crippen LogP contribution in [0.2, 0.25) is 0 Å². The van der Waals surface area contributed by atoms with Crippen molar-refractivity contribution in [2.24, 2.45) is 0 Å². The van der Waals surface area contributed by atoms with Crippen LogP contribution in [0.15, 0.2) is 59.3 Å². The molecule has 0 saturated carbocycles. The molecule has 0 unspecified atom stereocenters. The summed E-state index contributed by atoms with van der Waals surface area (Å²) in [6, 6.07) is 15.2. The molecule has 9 nitrogen and oxygen atoms in total. The van der Waals surface area contributed by atoms with Crippen LogP contribution in [-0.2, 0) is 16.1 Å². The van der Waals surface area contributed by atoms with E-state index in [0.717, 1.165) is 28.6 Å². The first kappa shape index (κ1) is 22.1. The molecule has 0 aliphatic heterocycles. The van der Waals surface area contributed by atoms with E-state index < -0.39 is 24.0 Å². The van der Waals surface area contributed by atoms with E-state index in [1.54, 1.807) is 6.92 Å². The number of carboxylic acid groups (broad SMARTS) is 1. The number of fused-ring (bicyclic) bond motifs is 3. The predicted molar refractivity (Wildman–Crippen MR) is 118 cm³/mol. The lowest BCUT2D eigenvalue weighted by Crippen LogP contribution is -2.46. The van der Waals surface area contributed by atoms with Crippen LogP contribution in [0.5, 0.6) is 0 Å². The molecule has 2 amide bonds. The number of hydrogen-bond acceptors (Lipinski definition) is 6. The van der Waals surface area contributed by atoms with Crippen molar-refractivity contribution in [1.82, 2.24) is 15.6 Å². The van der Waals surface area contributed by atoms with Gasteiger partial charge in [-0.2, -0.15) is 0 Å². The SMILES string of the molecule is CC[C@@H](NC(=O)OCC1c2ccccc2-c2ccccc21)C(=O)NCc1ocnc1C(=O)O. The Morgan fingerprint density at radius 2 is 1.73 bits per heavy atom. The fraction of sp³-hybridized carbons (Fsp3) is 0.250. The summed E-state index contributed by atoms with van der Waals surface area (Å²) in [5.74, 6) is -1.81. The number of nitrogens with one attached hydrogen (secondary N) is 2. The van der Waals surface area contributed by atoms with Gasteiger partial charge in [0, 0.05) is 5.92 Å². The lowest BCUT2D eigenvalue weighted by molar-refractivity contribution is -0.123. The molecular formula is C24H23N3O6. The topological polar surface area (TPSA) is 131 Å². The van der Waals surface area contributed by atoms with Gasteiger partial charge in [-0.25, -0.2) is 14.6 Å². The third-order valence-corrected chi connectivity index (χ3v) is 5.63. The highest BCUT2D eigenvalue weighted by Crippen LogP contribution is 2.44. The maximum absolute atomic E-state index is 12.5. The Hall–Kier alpha value is -4.14. The Morgan fingerprint density at radius 3 is 2.33 bits per heavy atom. The minimum Gasteiger partial charge on any atom is -0.476 e. The molecule has 0 fully saturated rings. The maximum atomic E-state index is 12.5. The summed E-state index contributed by atoms with van der Waals surface area (Å²) >= 11 is 0. The van der Waals surface area contributed by atoms with Gasteiger partial charge in [-0.05, 0) is 28.7 Å². The van der Waals surface area contributed by atoms with Crippen LogP contribution in [0.3, 0.4) is 0 Å². The third-order valence-electron chi connectivity index (χ3n) is 5.63. The second-order valence-electron chi connectivity index (χ2n) is 7.58. The van der Waals surface area contributed by atoms with Crippen LogP contribution in [-0.4, -0.2) is 40.7 Å². The van der Waals surface area contributed by atoms with Crippen LogP contribution in [0.4, 0.5) is 4.79 Å². The van der Waals surface area contributed by atoms with Gasteiger partial charge in [0.05, 0.1) is 6.54 Å². The summed E-state index contributed by atoms with van der Waals surface area (Å²) in [4.78, 5) is 39.6. The standard InChI is InChI=1S/C24H23N3O6/c1-2-19(22(28)25-11-20-21(23(29)30)26-13-33-20)27-24(31)32-12-18-16-9-5-3-7-14(16)15-8-4-6-10-17(15)18/h3-10,13,18-19H,2,11-12H2,1H3,(H,25,28)(H,27,31)(H,29,30)/t19-/m1/s1. The Kier molecular flexibility index (Phi) is 6.39. The van der Waals surface area contributed by atoms with E-state index in [0.29, 0.717) is 6.42 Å². The highest BCUT2D eigenvalue weighted by atomic mass is 16.5. The fourth-order valence-corrected chi connectivity index (χ4v) is 4.00. The quantitative estimate of drug-likeness (QED) is 0.481. The molecule has 0 bridgehead atoms. The Bertz CT molecular complexity index is 1140. The van der Waals surface area contributed by atoms with Crippen LogP contribution in [0.1, 0.15) is 46.6 Å². The van der Waals surface area contributed by atoms with E-state index in [2.05, 4.69) is 27.8 Å². The summed E-state index contributed by atoms with van der Waals surface area (Å²) in [6.07, 6.45) is 0.611. The molecule has 170 valence electrons. The first-order valence-corrected chi connectivity index (χ1v) is 10.5. The van der Waals surface area contributed by atoms with Gasteiger partial charge in [-0.15, -0.1) is 0 Å². The number of oxazole rings is 1. The molecule has 3 N–H and O–H groups in total. The molecule has 0 spiro atoms. The minimum absolute atomic E-state index is 0.0202. The molecule has 9 heteroatoms. The van der Waals surface area contributed by atoms with Crippen molar-refractivity contribution in [2.45, 2.75) is 31.8 Å². The van der Waals surface area contributed by atoms with E-state index in [9.17, 15) is 14.4 Å². The summed E-state index contributed by atoms with van der Waals surface area (Å²) in [6.45, 7) is 1.71. The van der Waals surface area contributed by atoms with Gasteiger partial charge in [0.15, 0.2) is 17.8 Å². The Labute approximate surface area is 189 Å². The Balaban J connectivity index is 1.34. The number of hydrogen-bond donors (Lipinski definition) is 3. The van der Waals surface area contributed by atoms with Gasteiger partial charge in [-0.3, -0.25) is 4.79 Å². The third kappa shape index (κ3) is 4.57. The highest BCUT2D eigenvalue weighted by molar-refractivity contribution is 5.87. The lowest BCUT2D eigenvalue weighted by Gasteiger charge is -2.18. The summed E-state index contributed by atoms with van der Waals surface area (Å²) in [7, 11) is 0. The molecule has 0 saturated heterocycles. The largest absolute Gasteiger partial charge is 0.476 e. The van der Waals surface area contributed by atoms with Gasteiger partial charge in [0.2, 0.25) is 5.91 Å². The average molecular weight is 449 g/mol. The number of rotatable bonds is 8. The zero-order valence-electron chi connectivity index (χ0n) is 17.9. The van der Waals surface area contributed by atoms with E-state index in [1.807, 2.05) is 36.4 Å². The zero-order chi connectivity index (χ0) is 23.4. The maximum Gasteiger partial charge on any atom is 0.407 e. The van der Waals surface area contributed by atoms with Gasteiger partial charge in [-0.1, -0.05) is 55.5 Å². The van der Waals surface area contributed by atoms with Crippen molar-refractivity contribution in [1.29, 1.82) is 0 Å². The second-order valence-corrected chi connectivity index (χ2v) is 7.58. The van der Waals surface area contributed by atoms with Crippen molar-refractivity contribution in [3.63, 3.8) is 0 Å². The normalized spacial score (nSPS) is 13.0. The highest BCUT2D eigenvalue weighted by Gasteiger charge is 2.29. The molecule has 1 aliphatic carbocycles. The van der Waals surface area contributed by atoms with Crippen molar-refractivity contribution >= 4 is 18.0 Å². The summed E-state index contributed by atoms with van der Waals surface area (Å²) < 4.78 is 10.5. The number of carboxylic acids is 1. The molecule has 4 rings (SSSR count). The first-order chi connectivity index (χ1) is 16.0. The molecule has 1 aliphatic rings. The zero-order valence-corrected chi connectivity index (χ0v) is 17.9. The van der Waals surface area contributed by atoms with Crippen molar-refractivity contribution in [3.05, 3.63) is 77.5 Å². The smallest absolute Gasteiger partial charge is 0.407 e. The van der Waals surface area contributed by atoms with Crippen LogP contribution < -0.4 is 10.6 Å². The molecule has 2 aromatic carbocycles. The molecule has 0 radical (unpaired) electrons. The van der Waals surface area contributed by atoms with Crippen LogP contribution in [0.25, 0.3) is 11.1 Å². The number of aromatic carboxylic acids is 1. The van der Waals surface area contributed by atoms with Gasteiger partial charge in [0.25, 0.3) is 0 Å². The number of carbonyl (C=O) groups excluding carboxylic acids is 2. The number of carbonyl (C=O) groups is 3. The van der Waals surface area contributed by atoms with Crippen LogP contribution in [0, 0.1) is 0 Å². The number of aromatic nitrogens is 1. The minimum atomic E-state index is -1.25. The monoisotopic (exact) mass is 449 g/mol. The van der Waals surface area contributed by atoms with Crippen LogP contribution >= 0.6 is 0 Å². The number of nitrogens with zero attached hydrogens (tertiary/aromatic N) is 1. The molecule has 33 heavy (non-hydrogen) atoms. The summed E-state index contributed by atoms with van der Waals surface area (Å²) in [5, 5.41) is 14.2. The molecule has 1 aromatic heterocycles. The van der Waals surface area contributed by atoms with E-state index in [1.165, 1.54) is 0 Å². The number of benzene rings is 2. The number of amides is 2. The van der Waals surface area contributed by atoms with Crippen molar-refractivity contribution in [3.8, 4) is 11.1 Å². The number of alkyl carbamates (subject to hydrolysis) is 1. The molecule has 3 aromatic rings. The number of ether oxygens (including phenoxy) is 1. The van der Waals surface area contributed by atoms with E-state index in [-0.39, 0.29) is 30.5 Å². The van der Waals surface area contributed by atoms with Crippen molar-refractivity contribution < 1.29 is 28.6 Å². The average Bonchev–Trinajstić information content (AvgIpc) is 3.42. The first-order valence-electron chi connectivity index (χ1n) is 10.5. The van der Waals surface area contributed by atoms with Gasteiger partial charge >= 0.3 is 12.1 Å². The Morgan fingerprint density at radius 1 is 1.09 bits per heavy atom. The van der Waals surface area contributed by atoms with E-state index >= 15 is 0 Å². The van der Waals surface area contributed by atoms with E-state index in [4.69, 9.17) is 14.3 Å². The predicted octanol–water partition coefficient (Wildman–Crippen LogP) is 3.31. The van der Waals surface area contributed by atoms with Gasteiger partial charge < -0.3 is 24.9 Å². The fourth-order valence-electron chi connectivity index (χ4n) is 4.00. The van der Waals surface area contributed by atoms with Gasteiger partial charge in [0.1, 0.15) is 12.6 Å². The molecular weight excluding hydrogens is 426 g/mol.